The van der Waals surface area contributed by atoms with Crippen LogP contribution in [0.5, 0.6) is 0 Å². The molecule has 1 aromatic carbocycles. The zero-order chi connectivity index (χ0) is 14.6. The molecule has 0 heterocycles. The van der Waals surface area contributed by atoms with E-state index in [1.54, 1.807) is 7.11 Å². The number of aryl methyl sites for hydroxylation is 1. The number of fused-ring (bicyclic) bond motifs is 1. The fraction of sp³-hybridized carbons (Fsp3) is 0.667. The zero-order valence-electron chi connectivity index (χ0n) is 13.1. The van der Waals surface area contributed by atoms with Gasteiger partial charge in [-0.3, -0.25) is 0 Å². The number of hydrogen-bond acceptors (Lipinski definition) is 2. The lowest BCUT2D eigenvalue weighted by atomic mass is 9.76. The van der Waals surface area contributed by atoms with Crippen molar-refractivity contribution >= 4 is 0 Å². The van der Waals surface area contributed by atoms with Crippen LogP contribution >= 0.6 is 0 Å². The predicted octanol–water partition coefficient (Wildman–Crippen LogP) is 4.06. The summed E-state index contributed by atoms with van der Waals surface area (Å²) in [7, 11) is 1.73. The Kier molecular flexibility index (Phi) is 5.22. The minimum Gasteiger partial charge on any atom is -0.390 e. The third-order valence-corrected chi connectivity index (χ3v) is 5.21. The summed E-state index contributed by atoms with van der Waals surface area (Å²) in [4.78, 5) is 0. The molecule has 0 aliphatic heterocycles. The van der Waals surface area contributed by atoms with Crippen molar-refractivity contribution in [3.05, 3.63) is 35.4 Å². The molecule has 1 N–H and O–H groups in total. The van der Waals surface area contributed by atoms with Gasteiger partial charge in [-0.2, -0.15) is 0 Å². The molecular weight excluding hydrogens is 248 g/mol. The van der Waals surface area contributed by atoms with Crippen molar-refractivity contribution in [2.75, 3.05) is 7.11 Å². The molecule has 2 heteroatoms. The molecule has 0 fully saturated rings. The number of aliphatic hydroxyl groups excluding tert-OH is 1. The molecule has 1 aliphatic carbocycles. The molecule has 0 spiro atoms. The van der Waals surface area contributed by atoms with E-state index in [4.69, 9.17) is 4.74 Å². The number of rotatable bonds is 6. The summed E-state index contributed by atoms with van der Waals surface area (Å²) in [6.07, 6.45) is 5.73. The van der Waals surface area contributed by atoms with E-state index in [1.807, 2.05) is 0 Å². The number of methoxy groups -OCH3 is 1. The Balaban J connectivity index is 2.15. The number of hydrogen-bond donors (Lipinski definition) is 1. The van der Waals surface area contributed by atoms with Gasteiger partial charge in [-0.1, -0.05) is 38.1 Å². The van der Waals surface area contributed by atoms with E-state index in [9.17, 15) is 5.11 Å². The second kappa shape index (κ2) is 6.73. The number of benzene rings is 1. The molecule has 2 nitrogen and oxygen atoms in total. The lowest BCUT2D eigenvalue weighted by Crippen LogP contribution is -2.44. The standard InChI is InChI=1S/C18H28O2/c1-4-18(5-2,20-3)17(19)13-15-11-8-10-14-9-6-7-12-16(14)15/h6-7,9,12,15,17,19H,4-5,8,10-11,13H2,1-3H3. The molecule has 112 valence electrons. The van der Waals surface area contributed by atoms with Crippen molar-refractivity contribution in [2.24, 2.45) is 0 Å². The van der Waals surface area contributed by atoms with Crippen LogP contribution in [-0.4, -0.2) is 23.9 Å². The van der Waals surface area contributed by atoms with Crippen molar-refractivity contribution in [1.29, 1.82) is 0 Å². The van der Waals surface area contributed by atoms with Crippen LogP contribution in [0.3, 0.4) is 0 Å². The smallest absolute Gasteiger partial charge is 0.0931 e. The maximum atomic E-state index is 10.7. The fourth-order valence-electron chi connectivity index (χ4n) is 3.73. The predicted molar refractivity (Wildman–Crippen MR) is 83.1 cm³/mol. The molecular formula is C18H28O2. The number of ether oxygens (including phenoxy) is 1. The van der Waals surface area contributed by atoms with Gasteiger partial charge in [0, 0.05) is 7.11 Å². The Hall–Kier alpha value is -0.860. The molecule has 2 atom stereocenters. The summed E-state index contributed by atoms with van der Waals surface area (Å²) >= 11 is 0. The van der Waals surface area contributed by atoms with E-state index in [-0.39, 0.29) is 5.60 Å². The monoisotopic (exact) mass is 276 g/mol. The lowest BCUT2D eigenvalue weighted by molar-refractivity contribution is -0.112. The van der Waals surface area contributed by atoms with Gasteiger partial charge in [-0.15, -0.1) is 0 Å². The van der Waals surface area contributed by atoms with Crippen LogP contribution in [0, 0.1) is 0 Å². The van der Waals surface area contributed by atoms with E-state index in [1.165, 1.54) is 30.4 Å². The number of aliphatic hydroxyl groups is 1. The Morgan fingerprint density at radius 2 is 2.00 bits per heavy atom. The van der Waals surface area contributed by atoms with Crippen LogP contribution in [0.4, 0.5) is 0 Å². The summed E-state index contributed by atoms with van der Waals surface area (Å²) in [5.41, 5.74) is 2.52. The van der Waals surface area contributed by atoms with E-state index >= 15 is 0 Å². The summed E-state index contributed by atoms with van der Waals surface area (Å²) < 4.78 is 5.68. The Morgan fingerprint density at radius 3 is 2.65 bits per heavy atom. The average Bonchev–Trinajstić information content (AvgIpc) is 2.50. The molecule has 2 unspecified atom stereocenters. The van der Waals surface area contributed by atoms with Crippen molar-refractivity contribution < 1.29 is 9.84 Å². The van der Waals surface area contributed by atoms with Crippen LogP contribution in [0.25, 0.3) is 0 Å². The van der Waals surface area contributed by atoms with Gasteiger partial charge in [-0.05, 0) is 55.6 Å². The normalized spacial score (nSPS) is 20.5. The molecule has 1 aromatic rings. The van der Waals surface area contributed by atoms with Gasteiger partial charge in [-0.25, -0.2) is 0 Å². The first-order chi connectivity index (χ1) is 9.66. The quantitative estimate of drug-likeness (QED) is 0.849. The lowest BCUT2D eigenvalue weighted by Gasteiger charge is -2.38. The van der Waals surface area contributed by atoms with E-state index in [0.29, 0.717) is 5.92 Å². The van der Waals surface area contributed by atoms with Gasteiger partial charge < -0.3 is 9.84 Å². The highest BCUT2D eigenvalue weighted by atomic mass is 16.5. The van der Waals surface area contributed by atoms with E-state index < -0.39 is 6.10 Å². The van der Waals surface area contributed by atoms with Gasteiger partial charge in [0.25, 0.3) is 0 Å². The summed E-state index contributed by atoms with van der Waals surface area (Å²) in [6, 6.07) is 8.71. The van der Waals surface area contributed by atoms with Gasteiger partial charge in [0.15, 0.2) is 0 Å². The van der Waals surface area contributed by atoms with Crippen LogP contribution in [0.2, 0.25) is 0 Å². The fourth-order valence-corrected chi connectivity index (χ4v) is 3.73. The first-order valence-electron chi connectivity index (χ1n) is 7.97. The molecule has 0 saturated heterocycles. The van der Waals surface area contributed by atoms with E-state index in [2.05, 4.69) is 38.1 Å². The Morgan fingerprint density at radius 1 is 1.30 bits per heavy atom. The van der Waals surface area contributed by atoms with Crippen molar-refractivity contribution in [1.82, 2.24) is 0 Å². The van der Waals surface area contributed by atoms with Crippen LogP contribution in [0.15, 0.2) is 24.3 Å². The SMILES string of the molecule is CCC(CC)(OC)C(O)CC1CCCc2ccccc21. The van der Waals surface area contributed by atoms with E-state index in [0.717, 1.165) is 19.3 Å². The molecule has 1 aliphatic rings. The first-order valence-corrected chi connectivity index (χ1v) is 7.97. The summed E-state index contributed by atoms with van der Waals surface area (Å²) in [5, 5.41) is 10.7. The summed E-state index contributed by atoms with van der Waals surface area (Å²) in [6.45, 7) is 4.20. The highest BCUT2D eigenvalue weighted by molar-refractivity contribution is 5.32. The molecule has 0 radical (unpaired) electrons. The highest BCUT2D eigenvalue weighted by Crippen LogP contribution is 2.38. The van der Waals surface area contributed by atoms with Crippen LogP contribution in [0.1, 0.15) is 63.0 Å². The molecule has 0 amide bonds. The maximum absolute atomic E-state index is 10.7. The highest BCUT2D eigenvalue weighted by Gasteiger charge is 2.36. The Bertz CT molecular complexity index is 415. The molecule has 20 heavy (non-hydrogen) atoms. The summed E-state index contributed by atoms with van der Waals surface area (Å²) in [5.74, 6) is 0.475. The molecule has 2 rings (SSSR count). The third kappa shape index (κ3) is 2.91. The Labute approximate surface area is 123 Å². The van der Waals surface area contributed by atoms with Gasteiger partial charge in [0.05, 0.1) is 11.7 Å². The van der Waals surface area contributed by atoms with Crippen LogP contribution < -0.4 is 0 Å². The van der Waals surface area contributed by atoms with Crippen LogP contribution in [-0.2, 0) is 11.2 Å². The minimum atomic E-state index is -0.390. The van der Waals surface area contributed by atoms with Crippen molar-refractivity contribution in [2.45, 2.75) is 70.0 Å². The minimum absolute atomic E-state index is 0.383. The zero-order valence-corrected chi connectivity index (χ0v) is 13.1. The third-order valence-electron chi connectivity index (χ3n) is 5.21. The second-order valence-electron chi connectivity index (χ2n) is 6.02. The largest absolute Gasteiger partial charge is 0.390 e. The van der Waals surface area contributed by atoms with Gasteiger partial charge in [0.2, 0.25) is 0 Å². The maximum Gasteiger partial charge on any atom is 0.0931 e. The second-order valence-corrected chi connectivity index (χ2v) is 6.02. The molecule has 0 aromatic heterocycles. The van der Waals surface area contributed by atoms with Crippen molar-refractivity contribution in [3.8, 4) is 0 Å². The molecule has 0 saturated carbocycles. The van der Waals surface area contributed by atoms with Crippen molar-refractivity contribution in [3.63, 3.8) is 0 Å². The van der Waals surface area contributed by atoms with Gasteiger partial charge >= 0.3 is 0 Å². The molecule has 0 bridgehead atoms. The van der Waals surface area contributed by atoms with Gasteiger partial charge in [0.1, 0.15) is 0 Å². The topological polar surface area (TPSA) is 29.5 Å². The first kappa shape index (κ1) is 15.5. The average molecular weight is 276 g/mol.